The van der Waals surface area contributed by atoms with Gasteiger partial charge in [0.05, 0.1) is 18.7 Å². The summed E-state index contributed by atoms with van der Waals surface area (Å²) in [4.78, 5) is 20.9. The lowest BCUT2D eigenvalue weighted by molar-refractivity contribution is -0.137. The molecular weight excluding hydrogens is 347 g/mol. The Kier molecular flexibility index (Phi) is 3.82. The van der Waals surface area contributed by atoms with Crippen LogP contribution in [0.2, 0.25) is 0 Å². The van der Waals surface area contributed by atoms with Crippen LogP contribution < -0.4 is 4.74 Å². The number of alkyl halides is 3. The van der Waals surface area contributed by atoms with Crippen LogP contribution in [0.3, 0.4) is 0 Å². The molecule has 0 bridgehead atoms. The van der Waals surface area contributed by atoms with Gasteiger partial charge in [0, 0.05) is 34.9 Å². The minimum atomic E-state index is -4.44. The number of nitrogens with zero attached hydrogens (tertiary/aromatic N) is 2. The highest BCUT2D eigenvalue weighted by molar-refractivity contribution is 5.98. The fourth-order valence-corrected chi connectivity index (χ4v) is 2.87. The average molecular weight is 361 g/mol. The number of hydrogen-bond acceptors (Lipinski definition) is 3. The van der Waals surface area contributed by atoms with Crippen molar-refractivity contribution in [3.8, 4) is 5.88 Å². The predicted molar refractivity (Wildman–Crippen MR) is 87.9 cm³/mol. The van der Waals surface area contributed by atoms with Gasteiger partial charge in [0.1, 0.15) is 6.10 Å². The molecule has 8 heteroatoms. The number of aromatic nitrogens is 2. The van der Waals surface area contributed by atoms with Crippen molar-refractivity contribution in [1.82, 2.24) is 14.9 Å². The topological polar surface area (TPSA) is 58.2 Å². The molecule has 3 heterocycles. The molecule has 0 saturated carbocycles. The van der Waals surface area contributed by atoms with Crippen LogP contribution in [0.5, 0.6) is 5.88 Å². The average Bonchev–Trinajstić information content (AvgIpc) is 3.04. The van der Waals surface area contributed by atoms with Crippen LogP contribution in [0.15, 0.2) is 48.8 Å². The van der Waals surface area contributed by atoms with E-state index in [4.69, 9.17) is 4.74 Å². The number of likely N-dealkylation sites (tertiary alicyclic amines) is 1. The van der Waals surface area contributed by atoms with E-state index >= 15 is 0 Å². The molecule has 26 heavy (non-hydrogen) atoms. The Bertz CT molecular complexity index is 961. The van der Waals surface area contributed by atoms with Gasteiger partial charge in [0.25, 0.3) is 5.91 Å². The Morgan fingerprint density at radius 2 is 2.00 bits per heavy atom. The number of aromatic amines is 1. The zero-order valence-corrected chi connectivity index (χ0v) is 13.5. The van der Waals surface area contributed by atoms with Crippen LogP contribution in [0.4, 0.5) is 13.2 Å². The molecule has 5 nitrogen and oxygen atoms in total. The van der Waals surface area contributed by atoms with Gasteiger partial charge >= 0.3 is 6.18 Å². The summed E-state index contributed by atoms with van der Waals surface area (Å²) < 4.78 is 43.6. The van der Waals surface area contributed by atoms with Crippen LogP contribution in [0.25, 0.3) is 10.9 Å². The van der Waals surface area contributed by atoms with E-state index in [1.165, 1.54) is 0 Å². The van der Waals surface area contributed by atoms with Gasteiger partial charge in [0.2, 0.25) is 5.88 Å². The zero-order chi connectivity index (χ0) is 18.3. The lowest BCUT2D eigenvalue weighted by Crippen LogP contribution is -2.56. The second kappa shape index (κ2) is 6.05. The second-order valence-corrected chi connectivity index (χ2v) is 6.11. The van der Waals surface area contributed by atoms with Crippen molar-refractivity contribution in [1.29, 1.82) is 0 Å². The van der Waals surface area contributed by atoms with Gasteiger partial charge in [0.15, 0.2) is 0 Å². The summed E-state index contributed by atoms with van der Waals surface area (Å²) in [7, 11) is 0. The van der Waals surface area contributed by atoms with E-state index in [0.29, 0.717) is 18.7 Å². The fourth-order valence-electron chi connectivity index (χ4n) is 2.87. The van der Waals surface area contributed by atoms with Gasteiger partial charge in [-0.2, -0.15) is 13.2 Å². The van der Waals surface area contributed by atoms with E-state index in [2.05, 4.69) is 9.97 Å². The highest BCUT2D eigenvalue weighted by Crippen LogP contribution is 2.31. The maximum Gasteiger partial charge on any atom is 0.416 e. The van der Waals surface area contributed by atoms with Crippen molar-refractivity contribution < 1.29 is 22.7 Å². The number of ether oxygens (including phenoxy) is 1. The third-order valence-electron chi connectivity index (χ3n) is 4.29. The van der Waals surface area contributed by atoms with Crippen molar-refractivity contribution in [2.75, 3.05) is 13.1 Å². The fraction of sp³-hybridized carbons (Fsp3) is 0.222. The highest BCUT2D eigenvalue weighted by atomic mass is 19.4. The van der Waals surface area contributed by atoms with Crippen LogP contribution in [-0.2, 0) is 6.18 Å². The molecule has 1 amide bonds. The van der Waals surface area contributed by atoms with Gasteiger partial charge in [-0.25, -0.2) is 4.98 Å². The monoisotopic (exact) mass is 361 g/mol. The Hall–Kier alpha value is -3.03. The molecule has 4 rings (SSSR count). The van der Waals surface area contributed by atoms with Gasteiger partial charge in [-0.15, -0.1) is 0 Å². The van der Waals surface area contributed by atoms with Crippen molar-refractivity contribution in [2.24, 2.45) is 0 Å². The molecule has 1 saturated heterocycles. The Balaban J connectivity index is 1.38. The smallest absolute Gasteiger partial charge is 0.416 e. The summed E-state index contributed by atoms with van der Waals surface area (Å²) >= 11 is 0. The van der Waals surface area contributed by atoms with Crippen LogP contribution in [0.1, 0.15) is 15.9 Å². The van der Waals surface area contributed by atoms with E-state index in [1.807, 2.05) is 12.1 Å². The summed E-state index contributed by atoms with van der Waals surface area (Å²) in [5, 5.41) is 0.942. The van der Waals surface area contributed by atoms with E-state index in [9.17, 15) is 18.0 Å². The van der Waals surface area contributed by atoms with E-state index in [0.717, 1.165) is 29.2 Å². The van der Waals surface area contributed by atoms with E-state index in [-0.39, 0.29) is 17.9 Å². The molecule has 1 N–H and O–H groups in total. The Morgan fingerprint density at radius 1 is 1.19 bits per heavy atom. The minimum absolute atomic E-state index is 0.0920. The lowest BCUT2D eigenvalue weighted by atomic mass is 10.1. The van der Waals surface area contributed by atoms with Gasteiger partial charge in [-0.3, -0.25) is 4.79 Å². The molecule has 2 aromatic heterocycles. The maximum atomic E-state index is 12.7. The van der Waals surface area contributed by atoms with Gasteiger partial charge in [-0.1, -0.05) is 0 Å². The maximum absolute atomic E-state index is 12.7. The molecule has 3 aromatic rings. The molecule has 0 radical (unpaired) electrons. The predicted octanol–water partition coefficient (Wildman–Crippen LogP) is 3.49. The molecule has 0 unspecified atom stereocenters. The normalized spacial score (nSPS) is 15.1. The molecule has 1 aromatic carbocycles. The molecule has 0 aliphatic carbocycles. The lowest BCUT2D eigenvalue weighted by Gasteiger charge is -2.38. The number of nitrogens with one attached hydrogen (secondary N) is 1. The third-order valence-corrected chi connectivity index (χ3v) is 4.29. The summed E-state index contributed by atoms with van der Waals surface area (Å²) in [6.07, 6.45) is -1.95. The highest BCUT2D eigenvalue weighted by Gasteiger charge is 2.34. The number of rotatable bonds is 3. The number of H-pyrrole nitrogens is 1. The number of carbonyl (C=O) groups excluding carboxylic acids is 1. The molecule has 134 valence electrons. The summed E-state index contributed by atoms with van der Waals surface area (Å²) in [6.45, 7) is 0.615. The summed E-state index contributed by atoms with van der Waals surface area (Å²) in [5.41, 5.74) is 0.698. The van der Waals surface area contributed by atoms with Crippen molar-refractivity contribution in [3.05, 3.63) is 59.9 Å². The quantitative estimate of drug-likeness (QED) is 0.777. The van der Waals surface area contributed by atoms with Crippen molar-refractivity contribution in [2.45, 2.75) is 12.3 Å². The van der Waals surface area contributed by atoms with Crippen molar-refractivity contribution >= 4 is 16.8 Å². The standard InChI is InChI=1S/C18H14F3N3O2/c19-18(20,21)13-4-6-23-16(8-13)26-14-9-24(10-14)17(25)12-1-2-15-11(7-12)3-5-22-15/h1-8,14,22H,9-10H2. The molecule has 1 aliphatic heterocycles. The minimum Gasteiger partial charge on any atom is -0.471 e. The number of fused-ring (bicyclic) bond motifs is 1. The first kappa shape index (κ1) is 16.4. The number of hydrogen-bond donors (Lipinski definition) is 1. The first-order valence-electron chi connectivity index (χ1n) is 7.96. The molecule has 0 atom stereocenters. The third kappa shape index (κ3) is 3.10. The van der Waals surface area contributed by atoms with E-state index in [1.54, 1.807) is 23.2 Å². The largest absolute Gasteiger partial charge is 0.471 e. The van der Waals surface area contributed by atoms with Crippen LogP contribution in [0, 0.1) is 0 Å². The second-order valence-electron chi connectivity index (χ2n) is 6.11. The SMILES string of the molecule is O=C(c1ccc2[nH]ccc2c1)N1CC(Oc2cc(C(F)(F)F)ccn2)C1. The number of amides is 1. The number of benzene rings is 1. The van der Waals surface area contributed by atoms with Gasteiger partial charge in [-0.05, 0) is 30.3 Å². The first-order valence-corrected chi connectivity index (χ1v) is 7.96. The van der Waals surface area contributed by atoms with E-state index < -0.39 is 11.7 Å². The van der Waals surface area contributed by atoms with Gasteiger partial charge < -0.3 is 14.6 Å². The Morgan fingerprint density at radius 3 is 2.77 bits per heavy atom. The molecule has 0 spiro atoms. The number of carbonyl (C=O) groups is 1. The van der Waals surface area contributed by atoms with Crippen LogP contribution in [-0.4, -0.2) is 40.0 Å². The summed E-state index contributed by atoms with van der Waals surface area (Å²) in [5.74, 6) is -0.226. The number of pyridine rings is 1. The van der Waals surface area contributed by atoms with Crippen molar-refractivity contribution in [3.63, 3.8) is 0 Å². The first-order chi connectivity index (χ1) is 12.4. The molecule has 1 aliphatic rings. The number of halogens is 3. The van der Waals surface area contributed by atoms with Crippen LogP contribution >= 0.6 is 0 Å². The zero-order valence-electron chi connectivity index (χ0n) is 13.5. The Labute approximate surface area is 146 Å². The summed E-state index contributed by atoms with van der Waals surface area (Å²) in [6, 6.07) is 9.02. The molecular formula is C18H14F3N3O2. The molecule has 1 fully saturated rings.